The Kier molecular flexibility index (Phi) is 6.66. The molecular formula is C18H27ClN2OS. The number of benzene rings is 1. The molecule has 0 radical (unpaired) electrons. The van der Waals surface area contributed by atoms with Crippen LogP contribution in [-0.4, -0.2) is 61.3 Å². The molecule has 0 amide bonds. The van der Waals surface area contributed by atoms with Crippen LogP contribution in [0.15, 0.2) is 24.3 Å². The van der Waals surface area contributed by atoms with Crippen LogP contribution in [0.3, 0.4) is 0 Å². The summed E-state index contributed by atoms with van der Waals surface area (Å²) in [4.78, 5) is 2.74. The Morgan fingerprint density at radius 2 is 2.00 bits per heavy atom. The van der Waals surface area contributed by atoms with Crippen LogP contribution in [0.2, 0.25) is 5.02 Å². The Labute approximate surface area is 149 Å². The Morgan fingerprint density at radius 3 is 2.70 bits per heavy atom. The molecule has 2 aliphatic rings. The van der Waals surface area contributed by atoms with Crippen LogP contribution < -0.4 is 5.32 Å². The highest BCUT2D eigenvalue weighted by atomic mass is 35.5. The molecule has 23 heavy (non-hydrogen) atoms. The summed E-state index contributed by atoms with van der Waals surface area (Å²) in [6.07, 6.45) is 6.10. The molecular weight excluding hydrogens is 328 g/mol. The van der Waals surface area contributed by atoms with Crippen molar-refractivity contribution in [3.05, 3.63) is 34.9 Å². The van der Waals surface area contributed by atoms with Crippen LogP contribution in [0.4, 0.5) is 0 Å². The third-order valence-corrected chi connectivity index (χ3v) is 5.88. The molecule has 1 aromatic carbocycles. The van der Waals surface area contributed by atoms with E-state index in [4.69, 9.17) is 16.3 Å². The van der Waals surface area contributed by atoms with Crippen LogP contribution in [-0.2, 0) is 11.2 Å². The van der Waals surface area contributed by atoms with Crippen molar-refractivity contribution >= 4 is 23.4 Å². The minimum atomic E-state index is 0.376. The van der Waals surface area contributed by atoms with E-state index in [2.05, 4.69) is 28.6 Å². The quantitative estimate of drug-likeness (QED) is 0.878. The molecule has 2 fully saturated rings. The lowest BCUT2D eigenvalue weighted by atomic mass is 9.97. The summed E-state index contributed by atoms with van der Waals surface area (Å²) in [6, 6.07) is 9.46. The zero-order chi connectivity index (χ0) is 16.1. The van der Waals surface area contributed by atoms with E-state index in [-0.39, 0.29) is 0 Å². The molecule has 2 atom stereocenters. The first-order valence-corrected chi connectivity index (χ1v) is 10.3. The minimum Gasteiger partial charge on any atom is -0.374 e. The van der Waals surface area contributed by atoms with E-state index in [1.807, 2.05) is 23.9 Å². The van der Waals surface area contributed by atoms with E-state index in [9.17, 15) is 0 Å². The largest absolute Gasteiger partial charge is 0.374 e. The van der Waals surface area contributed by atoms with Gasteiger partial charge in [-0.3, -0.25) is 4.90 Å². The number of nitrogens with zero attached hydrogens (tertiary/aromatic N) is 1. The highest BCUT2D eigenvalue weighted by molar-refractivity contribution is 7.98. The molecule has 0 saturated carbocycles. The van der Waals surface area contributed by atoms with Crippen molar-refractivity contribution in [3.8, 4) is 0 Å². The normalized spacial score (nSPS) is 27.2. The molecule has 0 bridgehead atoms. The summed E-state index contributed by atoms with van der Waals surface area (Å²) in [7, 11) is 0. The maximum Gasteiger partial charge on any atom is 0.0793 e. The van der Waals surface area contributed by atoms with E-state index in [1.165, 1.54) is 18.4 Å². The van der Waals surface area contributed by atoms with Crippen LogP contribution in [0.25, 0.3) is 0 Å². The van der Waals surface area contributed by atoms with Gasteiger partial charge in [0.25, 0.3) is 0 Å². The van der Waals surface area contributed by atoms with E-state index in [1.54, 1.807) is 0 Å². The number of hydrogen-bond donors (Lipinski definition) is 1. The average molecular weight is 355 g/mol. The molecule has 5 heteroatoms. The molecule has 2 saturated heterocycles. The van der Waals surface area contributed by atoms with Crippen molar-refractivity contribution in [1.29, 1.82) is 0 Å². The van der Waals surface area contributed by atoms with Gasteiger partial charge in [0.15, 0.2) is 0 Å². The number of piperidine rings is 1. The van der Waals surface area contributed by atoms with Gasteiger partial charge in [-0.25, -0.2) is 0 Å². The second-order valence-electron chi connectivity index (χ2n) is 6.57. The first-order valence-electron chi connectivity index (χ1n) is 8.57. The molecule has 0 aromatic heterocycles. The lowest BCUT2D eigenvalue weighted by Crippen LogP contribution is -2.57. The van der Waals surface area contributed by atoms with Gasteiger partial charge in [-0.15, -0.1) is 0 Å². The Hall–Kier alpha value is -0.260. The zero-order valence-corrected chi connectivity index (χ0v) is 15.4. The summed E-state index contributed by atoms with van der Waals surface area (Å²) < 4.78 is 6.14. The van der Waals surface area contributed by atoms with Gasteiger partial charge in [-0.2, -0.15) is 11.8 Å². The summed E-state index contributed by atoms with van der Waals surface area (Å²) in [5, 5.41) is 4.29. The van der Waals surface area contributed by atoms with Crippen molar-refractivity contribution < 1.29 is 4.74 Å². The summed E-state index contributed by atoms with van der Waals surface area (Å²) >= 11 is 7.90. The number of halogens is 1. The highest BCUT2D eigenvalue weighted by Gasteiger charge is 2.34. The van der Waals surface area contributed by atoms with Gasteiger partial charge >= 0.3 is 0 Å². The molecule has 2 aliphatic heterocycles. The van der Waals surface area contributed by atoms with Gasteiger partial charge in [0, 0.05) is 29.4 Å². The van der Waals surface area contributed by atoms with Crippen molar-refractivity contribution in [3.63, 3.8) is 0 Å². The predicted octanol–water partition coefficient (Wildman–Crippen LogP) is 3.07. The Bertz CT molecular complexity index is 478. The summed E-state index contributed by atoms with van der Waals surface area (Å²) in [5.41, 5.74) is 1.35. The molecule has 3 nitrogen and oxygen atoms in total. The van der Waals surface area contributed by atoms with Gasteiger partial charge < -0.3 is 10.1 Å². The number of thioether (sulfide) groups is 1. The second kappa shape index (κ2) is 8.72. The molecule has 128 valence electrons. The first-order chi connectivity index (χ1) is 11.3. The molecule has 1 N–H and O–H groups in total. The molecule has 0 spiro atoms. The van der Waals surface area contributed by atoms with Gasteiger partial charge in [0.05, 0.1) is 12.7 Å². The number of morpholine rings is 1. The first kappa shape index (κ1) is 17.6. The summed E-state index contributed by atoms with van der Waals surface area (Å²) in [6.45, 7) is 4.20. The van der Waals surface area contributed by atoms with Gasteiger partial charge in [-0.05, 0) is 56.3 Å². The Morgan fingerprint density at radius 1 is 1.26 bits per heavy atom. The van der Waals surface area contributed by atoms with Gasteiger partial charge in [-0.1, -0.05) is 23.7 Å². The molecule has 3 rings (SSSR count). The average Bonchev–Trinajstić information content (AvgIpc) is 2.59. The SMILES string of the molecule is CSCC1CN(C2CCNCC2)C(Cc2ccc(Cl)cc2)CO1. The number of ether oxygens (including phenoxy) is 1. The maximum atomic E-state index is 6.14. The highest BCUT2D eigenvalue weighted by Crippen LogP contribution is 2.24. The van der Waals surface area contributed by atoms with E-state index >= 15 is 0 Å². The van der Waals surface area contributed by atoms with Crippen molar-refractivity contribution in [2.24, 2.45) is 0 Å². The van der Waals surface area contributed by atoms with Crippen LogP contribution in [0, 0.1) is 0 Å². The van der Waals surface area contributed by atoms with E-state index in [0.29, 0.717) is 18.2 Å². The van der Waals surface area contributed by atoms with Crippen LogP contribution in [0.5, 0.6) is 0 Å². The van der Waals surface area contributed by atoms with Crippen molar-refractivity contribution in [1.82, 2.24) is 10.2 Å². The van der Waals surface area contributed by atoms with Gasteiger partial charge in [0.2, 0.25) is 0 Å². The molecule has 0 aliphatic carbocycles. The number of nitrogens with one attached hydrogen (secondary N) is 1. The number of rotatable bonds is 5. The lowest BCUT2D eigenvalue weighted by molar-refractivity contribution is -0.0733. The molecule has 2 unspecified atom stereocenters. The van der Waals surface area contributed by atoms with Crippen LogP contribution in [0.1, 0.15) is 18.4 Å². The standard InChI is InChI=1S/C18H27ClN2OS/c1-23-13-18-11-21(16-6-8-20-9-7-16)17(12-22-18)10-14-2-4-15(19)5-3-14/h2-5,16-18,20H,6-13H2,1H3. The fourth-order valence-electron chi connectivity index (χ4n) is 3.72. The third-order valence-electron chi connectivity index (χ3n) is 4.92. The number of hydrogen-bond acceptors (Lipinski definition) is 4. The fraction of sp³-hybridized carbons (Fsp3) is 0.667. The van der Waals surface area contributed by atoms with Crippen molar-refractivity contribution in [2.45, 2.75) is 37.5 Å². The monoisotopic (exact) mass is 354 g/mol. The van der Waals surface area contributed by atoms with E-state index in [0.717, 1.165) is 43.4 Å². The molecule has 2 heterocycles. The summed E-state index contributed by atoms with van der Waals surface area (Å²) in [5.74, 6) is 1.09. The topological polar surface area (TPSA) is 24.5 Å². The lowest BCUT2D eigenvalue weighted by Gasteiger charge is -2.45. The predicted molar refractivity (Wildman–Crippen MR) is 99.7 cm³/mol. The van der Waals surface area contributed by atoms with Gasteiger partial charge in [0.1, 0.15) is 0 Å². The van der Waals surface area contributed by atoms with Crippen LogP contribution >= 0.6 is 23.4 Å². The second-order valence-corrected chi connectivity index (χ2v) is 7.92. The minimum absolute atomic E-state index is 0.376. The van der Waals surface area contributed by atoms with Crippen molar-refractivity contribution in [2.75, 3.05) is 38.2 Å². The Balaban J connectivity index is 1.68. The maximum absolute atomic E-state index is 6.14. The van der Waals surface area contributed by atoms with E-state index < -0.39 is 0 Å². The fourth-order valence-corrected chi connectivity index (χ4v) is 4.42. The smallest absolute Gasteiger partial charge is 0.0793 e. The zero-order valence-electron chi connectivity index (χ0n) is 13.8. The molecule has 1 aromatic rings. The third kappa shape index (κ3) is 4.86.